The molecule has 1 aliphatic carbocycles. The zero-order valence-electron chi connectivity index (χ0n) is 11.8. The maximum Gasteiger partial charge on any atom is 0.184 e. The summed E-state index contributed by atoms with van der Waals surface area (Å²) in [5.41, 5.74) is 1.04. The number of allylic oxidation sites excluding steroid dienone is 4. The molecule has 0 radical (unpaired) electrons. The molecule has 6 heteroatoms. The Bertz CT molecular complexity index is 696. The molecule has 22 heavy (non-hydrogen) atoms. The average Bonchev–Trinajstić information content (AvgIpc) is 2.94. The van der Waals surface area contributed by atoms with Gasteiger partial charge in [0.15, 0.2) is 11.0 Å². The van der Waals surface area contributed by atoms with Crippen LogP contribution in [0.4, 0.5) is 4.39 Å². The van der Waals surface area contributed by atoms with Crippen LogP contribution in [0.25, 0.3) is 0 Å². The Morgan fingerprint density at radius 3 is 2.82 bits per heavy atom. The topological polar surface area (TPSA) is 41.6 Å². The largest absolute Gasteiger partial charge is 0.254 e. The van der Waals surface area contributed by atoms with Crippen LogP contribution in [-0.4, -0.2) is 20.1 Å². The summed E-state index contributed by atoms with van der Waals surface area (Å²) in [7, 11) is 0. The molecule has 0 aliphatic heterocycles. The summed E-state index contributed by atoms with van der Waals surface area (Å²) >= 11 is 8.07. The van der Waals surface area contributed by atoms with Crippen LogP contribution in [0, 0.1) is 5.82 Å². The van der Waals surface area contributed by atoms with Crippen LogP contribution in [0.15, 0.2) is 53.7 Å². The number of hydrogen-bond donors (Lipinski definition) is 1. The zero-order valence-corrected chi connectivity index (χ0v) is 13.4. The lowest BCUT2D eigenvalue weighted by Crippen LogP contribution is -2.22. The zero-order chi connectivity index (χ0) is 15.4. The molecular weight excluding hydrogens is 321 g/mol. The monoisotopic (exact) mass is 335 g/mol. The van der Waals surface area contributed by atoms with Gasteiger partial charge < -0.3 is 0 Å². The summed E-state index contributed by atoms with van der Waals surface area (Å²) in [6.45, 7) is 0. The summed E-state index contributed by atoms with van der Waals surface area (Å²) in [5, 5.41) is 7.89. The Morgan fingerprint density at radius 1 is 1.27 bits per heavy atom. The second-order valence-corrected chi connectivity index (χ2v) is 6.89. The third-order valence-corrected chi connectivity index (χ3v) is 4.70. The number of thioether (sulfide) groups is 1. The van der Waals surface area contributed by atoms with Crippen molar-refractivity contribution in [2.75, 3.05) is 0 Å². The Balaban J connectivity index is 1.58. The highest BCUT2D eigenvalue weighted by Gasteiger charge is 2.26. The highest BCUT2D eigenvalue weighted by atomic mass is 35.5. The number of rotatable bonds is 5. The molecule has 1 heterocycles. The number of nitrogens with zero attached hydrogens (tertiary/aromatic N) is 2. The molecule has 3 rings (SSSR count). The molecule has 1 aliphatic rings. The van der Waals surface area contributed by atoms with Crippen molar-refractivity contribution in [3.05, 3.63) is 65.8 Å². The third-order valence-electron chi connectivity index (χ3n) is 3.35. The van der Waals surface area contributed by atoms with Crippen LogP contribution in [0.1, 0.15) is 17.8 Å². The standard InChI is InChI=1S/C16H15ClFN3S/c17-16(8-2-1-3-9-16)10-14-19-15(21-20-14)22-11-12-4-6-13(18)7-5-12/h1-8H,9-11H2,(H,19,20,21). The molecule has 0 bridgehead atoms. The van der Waals surface area contributed by atoms with Gasteiger partial charge in [-0.3, -0.25) is 5.10 Å². The van der Waals surface area contributed by atoms with Gasteiger partial charge in [-0.1, -0.05) is 48.2 Å². The first-order chi connectivity index (χ1) is 10.6. The van der Waals surface area contributed by atoms with Crippen LogP contribution < -0.4 is 0 Å². The second kappa shape index (κ2) is 6.67. The van der Waals surface area contributed by atoms with E-state index >= 15 is 0 Å². The normalized spacial score (nSPS) is 20.5. The molecular formula is C16H15ClFN3S. The van der Waals surface area contributed by atoms with Gasteiger partial charge in [0, 0.05) is 12.2 Å². The quantitative estimate of drug-likeness (QED) is 0.655. The van der Waals surface area contributed by atoms with Gasteiger partial charge in [-0.25, -0.2) is 9.37 Å². The molecule has 0 fully saturated rings. The van der Waals surface area contributed by atoms with Crippen LogP contribution in [0.3, 0.4) is 0 Å². The van der Waals surface area contributed by atoms with Crippen molar-refractivity contribution in [2.45, 2.75) is 28.6 Å². The first-order valence-electron chi connectivity index (χ1n) is 6.95. The van der Waals surface area contributed by atoms with Gasteiger partial charge in [0.25, 0.3) is 0 Å². The molecule has 3 nitrogen and oxygen atoms in total. The fourth-order valence-electron chi connectivity index (χ4n) is 2.19. The van der Waals surface area contributed by atoms with Crippen molar-refractivity contribution in [1.29, 1.82) is 0 Å². The number of aromatic amines is 1. The van der Waals surface area contributed by atoms with Crippen molar-refractivity contribution >= 4 is 23.4 Å². The highest BCUT2D eigenvalue weighted by molar-refractivity contribution is 7.98. The summed E-state index contributed by atoms with van der Waals surface area (Å²) < 4.78 is 12.9. The lowest BCUT2D eigenvalue weighted by molar-refractivity contribution is 0.627. The minimum absolute atomic E-state index is 0.224. The summed E-state index contributed by atoms with van der Waals surface area (Å²) in [6.07, 6.45) is 9.33. The van der Waals surface area contributed by atoms with E-state index in [-0.39, 0.29) is 5.82 Å². The van der Waals surface area contributed by atoms with Crippen molar-refractivity contribution in [1.82, 2.24) is 15.2 Å². The summed E-state index contributed by atoms with van der Waals surface area (Å²) in [5.74, 6) is 1.19. The third kappa shape index (κ3) is 3.99. The summed E-state index contributed by atoms with van der Waals surface area (Å²) in [6, 6.07) is 6.46. The van der Waals surface area contributed by atoms with Gasteiger partial charge in [0.05, 0.1) is 4.87 Å². The SMILES string of the molecule is Fc1ccc(CSc2nc(CC3(Cl)C=CC=CC3)n[nH]2)cc1. The molecule has 1 N–H and O–H groups in total. The van der Waals surface area contributed by atoms with E-state index in [4.69, 9.17) is 11.6 Å². The van der Waals surface area contributed by atoms with E-state index < -0.39 is 4.87 Å². The van der Waals surface area contributed by atoms with Gasteiger partial charge in [-0.05, 0) is 24.1 Å². The second-order valence-electron chi connectivity index (χ2n) is 5.17. The Labute approximate surface area is 137 Å². The van der Waals surface area contributed by atoms with E-state index in [0.29, 0.717) is 18.0 Å². The van der Waals surface area contributed by atoms with Crippen LogP contribution >= 0.6 is 23.4 Å². The van der Waals surface area contributed by atoms with E-state index in [9.17, 15) is 4.39 Å². The van der Waals surface area contributed by atoms with Crippen molar-refractivity contribution in [3.8, 4) is 0 Å². The summed E-state index contributed by atoms with van der Waals surface area (Å²) in [4.78, 5) is 4.03. The molecule has 1 aromatic carbocycles. The van der Waals surface area contributed by atoms with Gasteiger partial charge in [-0.15, -0.1) is 11.6 Å². The van der Waals surface area contributed by atoms with Crippen molar-refractivity contribution in [2.24, 2.45) is 0 Å². The minimum atomic E-state index is -0.435. The van der Waals surface area contributed by atoms with Gasteiger partial charge >= 0.3 is 0 Å². The predicted octanol–water partition coefficient (Wildman–Crippen LogP) is 4.27. The minimum Gasteiger partial charge on any atom is -0.254 e. The van der Waals surface area contributed by atoms with Crippen LogP contribution in [-0.2, 0) is 12.2 Å². The first-order valence-corrected chi connectivity index (χ1v) is 8.31. The number of H-pyrrole nitrogens is 1. The van der Waals surface area contributed by atoms with Crippen molar-refractivity contribution in [3.63, 3.8) is 0 Å². The molecule has 0 spiro atoms. The molecule has 1 unspecified atom stereocenters. The number of aromatic nitrogens is 3. The fraction of sp³-hybridized carbons (Fsp3) is 0.250. The lowest BCUT2D eigenvalue weighted by atomic mass is 9.96. The van der Waals surface area contributed by atoms with E-state index in [1.165, 1.54) is 23.9 Å². The Kier molecular flexibility index (Phi) is 4.64. The number of hydrogen-bond acceptors (Lipinski definition) is 3. The lowest BCUT2D eigenvalue weighted by Gasteiger charge is -2.21. The number of nitrogens with one attached hydrogen (secondary N) is 1. The van der Waals surface area contributed by atoms with E-state index in [1.54, 1.807) is 12.1 Å². The molecule has 0 amide bonds. The Morgan fingerprint density at radius 2 is 2.09 bits per heavy atom. The van der Waals surface area contributed by atoms with E-state index in [2.05, 4.69) is 15.2 Å². The number of benzene rings is 1. The van der Waals surface area contributed by atoms with Gasteiger partial charge in [-0.2, -0.15) is 5.10 Å². The highest BCUT2D eigenvalue weighted by Crippen LogP contribution is 2.29. The van der Waals surface area contributed by atoms with Crippen LogP contribution in [0.5, 0.6) is 0 Å². The first kappa shape index (κ1) is 15.3. The average molecular weight is 336 g/mol. The van der Waals surface area contributed by atoms with E-state index in [0.717, 1.165) is 17.1 Å². The van der Waals surface area contributed by atoms with E-state index in [1.807, 2.05) is 24.3 Å². The molecule has 2 aromatic rings. The molecule has 0 saturated carbocycles. The maximum absolute atomic E-state index is 12.9. The predicted molar refractivity (Wildman–Crippen MR) is 87.5 cm³/mol. The van der Waals surface area contributed by atoms with Gasteiger partial charge in [0.2, 0.25) is 0 Å². The molecule has 0 saturated heterocycles. The maximum atomic E-state index is 12.9. The number of alkyl halides is 1. The smallest absolute Gasteiger partial charge is 0.184 e. The molecule has 1 atom stereocenters. The van der Waals surface area contributed by atoms with Gasteiger partial charge in [0.1, 0.15) is 5.82 Å². The number of halogens is 2. The molecule has 1 aromatic heterocycles. The molecule has 114 valence electrons. The Hall–Kier alpha value is -1.59. The van der Waals surface area contributed by atoms with Crippen molar-refractivity contribution < 1.29 is 4.39 Å². The fourth-order valence-corrected chi connectivity index (χ4v) is 3.25. The van der Waals surface area contributed by atoms with Crippen LogP contribution in [0.2, 0.25) is 0 Å².